The fraction of sp³-hybridized carbons (Fsp3) is 0.222. The van der Waals surface area contributed by atoms with Gasteiger partial charge < -0.3 is 9.40 Å². The molecule has 0 aliphatic carbocycles. The van der Waals surface area contributed by atoms with E-state index >= 15 is 0 Å². The fourth-order valence-corrected chi connectivity index (χ4v) is 7.65. The van der Waals surface area contributed by atoms with Gasteiger partial charge in [0.05, 0.1) is 18.6 Å². The van der Waals surface area contributed by atoms with E-state index in [-0.39, 0.29) is 65.5 Å². The van der Waals surface area contributed by atoms with Crippen molar-refractivity contribution in [2.24, 2.45) is 5.41 Å². The van der Waals surface area contributed by atoms with Gasteiger partial charge in [0.2, 0.25) is 0 Å². The Bertz CT molecular complexity index is 2790. The predicted octanol–water partition coefficient (Wildman–Crippen LogP) is 11.5. The molecule has 0 aliphatic heterocycles. The number of nitriles is 1. The number of benzene rings is 4. The molecule has 0 N–H and O–H groups in total. The summed E-state index contributed by atoms with van der Waals surface area (Å²) in [5.74, 6) is 7.58. The largest absolute Gasteiger partial charge is 0 e. The van der Waals surface area contributed by atoms with Crippen molar-refractivity contribution in [2.45, 2.75) is 58.1 Å². The minimum Gasteiger partial charge on any atom is 0 e. The first kappa shape index (κ1) is 28.8. The SMILES string of the molecule is [2H]c1cc(C([2H])([2H])C(C)(C)C)cc(C([2H])([2H])[2H])c1-c1cc(-c2[c-]ccc3c2oc2cc(C#N)ccc23)ncc1C([2H])([2H])[2H].[CH3][Ge]([CH3])([CH3])[c]1ccc(Oc2[c-]cc(F)cc2)nc1.[Ir]. The van der Waals surface area contributed by atoms with Gasteiger partial charge >= 0.3 is 109 Å². The molecule has 4 aromatic carbocycles. The molecule has 271 valence electrons. The molecule has 0 saturated heterocycles. The van der Waals surface area contributed by atoms with Crippen LogP contribution >= 0.6 is 0 Å². The fourth-order valence-electron chi connectivity index (χ4n) is 5.48. The van der Waals surface area contributed by atoms with Crippen molar-refractivity contribution in [3.63, 3.8) is 0 Å². The second-order valence-corrected chi connectivity index (χ2v) is 24.9. The number of fused-ring (bicyclic) bond motifs is 3. The Morgan fingerprint density at radius 1 is 0.943 bits per heavy atom. The zero-order valence-corrected chi connectivity index (χ0v) is 34.5. The van der Waals surface area contributed by atoms with E-state index in [0.717, 1.165) is 17.0 Å². The molecule has 0 saturated carbocycles. The molecule has 7 aromatic rings. The van der Waals surface area contributed by atoms with Crippen LogP contribution in [0.2, 0.25) is 17.3 Å². The summed E-state index contributed by atoms with van der Waals surface area (Å²) >= 11 is -1.82. The number of rotatable bonds is 6. The van der Waals surface area contributed by atoms with Crippen molar-refractivity contribution >= 4 is 39.6 Å². The van der Waals surface area contributed by atoms with Crippen molar-refractivity contribution in [1.29, 1.82) is 5.26 Å². The van der Waals surface area contributed by atoms with Gasteiger partial charge in [-0.25, -0.2) is 0 Å². The zero-order chi connectivity index (χ0) is 44.9. The molecule has 53 heavy (non-hydrogen) atoms. The number of pyridine rings is 2. The molecule has 0 aliphatic rings. The molecule has 1 radical (unpaired) electrons. The van der Waals surface area contributed by atoms with Gasteiger partial charge in [0, 0.05) is 42.7 Å². The number of halogens is 1. The number of aryl methyl sites for hydroxylation is 2. The molecule has 3 heterocycles. The van der Waals surface area contributed by atoms with Crippen molar-refractivity contribution in [2.75, 3.05) is 0 Å². The molecule has 7 rings (SSSR count). The van der Waals surface area contributed by atoms with Crippen LogP contribution in [0.4, 0.5) is 4.39 Å². The van der Waals surface area contributed by atoms with Crippen LogP contribution in [0.5, 0.6) is 11.6 Å². The Balaban J connectivity index is 0.000000320. The van der Waals surface area contributed by atoms with Crippen LogP contribution in [0.3, 0.4) is 0 Å². The maximum absolute atomic E-state index is 12.7. The summed E-state index contributed by atoms with van der Waals surface area (Å²) in [5, 5.41) is 10.8. The first-order chi connectivity index (χ1) is 28.3. The molecule has 5 nitrogen and oxygen atoms in total. The van der Waals surface area contributed by atoms with Gasteiger partial charge in [0.25, 0.3) is 0 Å². The van der Waals surface area contributed by atoms with Crippen LogP contribution in [0.15, 0.2) is 102 Å². The van der Waals surface area contributed by atoms with Gasteiger partial charge in [-0.2, -0.15) is 5.26 Å². The summed E-state index contributed by atoms with van der Waals surface area (Å²) in [6, 6.07) is 28.0. The van der Waals surface area contributed by atoms with Crippen LogP contribution in [-0.2, 0) is 26.5 Å². The van der Waals surface area contributed by atoms with Gasteiger partial charge in [-0.15, -0.1) is 18.2 Å². The molecular formula is C45H42FGeIrN3O2-2. The topological polar surface area (TPSA) is 71.9 Å². The number of nitrogens with zero attached hydrogens (tertiary/aromatic N) is 3. The van der Waals surface area contributed by atoms with E-state index in [2.05, 4.69) is 51.5 Å². The van der Waals surface area contributed by atoms with E-state index < -0.39 is 38.8 Å². The first-order valence-electron chi connectivity index (χ1n) is 21.0. The van der Waals surface area contributed by atoms with Gasteiger partial charge in [-0.3, -0.25) is 0 Å². The van der Waals surface area contributed by atoms with Crippen LogP contribution in [-0.4, -0.2) is 23.2 Å². The van der Waals surface area contributed by atoms with Crippen LogP contribution in [0.1, 0.15) is 55.4 Å². The van der Waals surface area contributed by atoms with Crippen molar-refractivity contribution in [3.05, 3.63) is 138 Å². The Hall–Kier alpha value is -4.61. The van der Waals surface area contributed by atoms with Gasteiger partial charge in [-0.05, 0) is 71.1 Å². The molecule has 0 unspecified atom stereocenters. The maximum Gasteiger partial charge on any atom is 0 e. The molecule has 8 heteroatoms. The quantitative estimate of drug-likeness (QED) is 0.123. The molecular weight excluding hydrogens is 898 g/mol. The van der Waals surface area contributed by atoms with Crippen molar-refractivity contribution in [3.8, 4) is 40.1 Å². The molecule has 0 fully saturated rings. The third-order valence-corrected chi connectivity index (χ3v) is 12.3. The third kappa shape index (κ3) is 9.50. The maximum atomic E-state index is 12.7. The number of hydrogen-bond acceptors (Lipinski definition) is 5. The minimum atomic E-state index is -2.80. The van der Waals surface area contributed by atoms with E-state index in [1.165, 1.54) is 40.8 Å². The predicted molar refractivity (Wildman–Crippen MR) is 211 cm³/mol. The van der Waals surface area contributed by atoms with Crippen molar-refractivity contribution < 1.29 is 46.0 Å². The smallest absolute Gasteiger partial charge is 0 e. The molecule has 0 spiro atoms. The Morgan fingerprint density at radius 2 is 1.75 bits per heavy atom. The van der Waals surface area contributed by atoms with E-state index in [9.17, 15) is 9.65 Å². The molecule has 0 atom stereocenters. The Kier molecular flexibility index (Phi) is 8.80. The van der Waals surface area contributed by atoms with Crippen LogP contribution < -0.4 is 9.13 Å². The Labute approximate surface area is 340 Å². The number of ether oxygens (including phenoxy) is 1. The molecule has 0 amide bonds. The first-order valence-corrected chi connectivity index (χ1v) is 23.9. The second kappa shape index (κ2) is 16.2. The van der Waals surface area contributed by atoms with E-state index in [0.29, 0.717) is 33.9 Å². The summed E-state index contributed by atoms with van der Waals surface area (Å²) in [4.78, 5) is 8.67. The molecule has 3 aromatic heterocycles. The zero-order valence-electron chi connectivity index (χ0n) is 39.0. The number of hydrogen-bond donors (Lipinski definition) is 0. The van der Waals surface area contributed by atoms with Gasteiger partial charge in [-0.1, -0.05) is 62.0 Å². The third-order valence-electron chi connectivity index (χ3n) is 8.02. The second-order valence-electron chi connectivity index (χ2n) is 14.3. The summed E-state index contributed by atoms with van der Waals surface area (Å²) in [6.07, 6.45) is 1.03. The number of aromatic nitrogens is 2. The van der Waals surface area contributed by atoms with Crippen LogP contribution in [0.25, 0.3) is 44.3 Å². The summed E-state index contributed by atoms with van der Waals surface area (Å²) in [5.41, 5.74) is 0.232. The standard InChI is InChI=1S/C31H27N2O.C14H15FGeNO.Ir/c1-19-13-21(16-31(3,4)5)9-11-23(19)27-15-28(33-18-20(27)2)26-8-6-7-25-24-12-10-22(17-32)14-29(24)34-30(25)26;1-16(2,3)12-6-9-14(17-10-12)18-13-7-4-11(15)5-8-13;/h6-7,9-15,18H,16H2,1-5H3;4-7,9-10H,1-3H3;/q2*-1;/i1D3,2D3,11D,16D2;;. The summed E-state index contributed by atoms with van der Waals surface area (Å²) in [7, 11) is 0. The average Bonchev–Trinajstić information content (AvgIpc) is 3.55. The summed E-state index contributed by atoms with van der Waals surface area (Å²) in [6.45, 7) is -0.470. The van der Waals surface area contributed by atoms with E-state index in [1.54, 1.807) is 51.1 Å². The Morgan fingerprint density at radius 3 is 2.42 bits per heavy atom. The average molecular weight is 950 g/mol. The van der Waals surface area contributed by atoms with E-state index in [4.69, 9.17) is 21.5 Å². The van der Waals surface area contributed by atoms with Crippen LogP contribution in [0, 0.1) is 48.4 Å². The monoisotopic (exact) mass is 951 g/mol. The normalized spacial score (nSPS) is 14.6. The number of furan rings is 1. The minimum absolute atomic E-state index is 0. The van der Waals surface area contributed by atoms with Crippen molar-refractivity contribution in [1.82, 2.24) is 9.97 Å². The van der Waals surface area contributed by atoms with E-state index in [1.807, 2.05) is 12.3 Å². The summed E-state index contributed by atoms with van der Waals surface area (Å²) < 4.78 is 101. The van der Waals surface area contributed by atoms with Gasteiger partial charge in [0.15, 0.2) is 0 Å². The van der Waals surface area contributed by atoms with Gasteiger partial charge in [0.1, 0.15) is 5.58 Å². The molecule has 0 bridgehead atoms.